The normalized spacial score (nSPS) is 10.2. The third-order valence-corrected chi connectivity index (χ3v) is 4.12. The fourth-order valence-electron chi connectivity index (χ4n) is 1.85. The number of hydrogen-bond donors (Lipinski definition) is 1. The first-order valence-electron chi connectivity index (χ1n) is 7.44. The summed E-state index contributed by atoms with van der Waals surface area (Å²) in [4.78, 5) is 24.3. The van der Waals surface area contributed by atoms with Crippen molar-refractivity contribution in [2.45, 2.75) is 18.2 Å². The van der Waals surface area contributed by atoms with Gasteiger partial charge in [-0.1, -0.05) is 29.8 Å². The van der Waals surface area contributed by atoms with E-state index in [1.165, 1.54) is 23.8 Å². The Kier molecular flexibility index (Phi) is 6.81. The predicted molar refractivity (Wildman–Crippen MR) is 92.5 cm³/mol. The van der Waals surface area contributed by atoms with E-state index in [4.69, 9.17) is 4.74 Å². The van der Waals surface area contributed by atoms with Gasteiger partial charge in [-0.3, -0.25) is 9.59 Å². The van der Waals surface area contributed by atoms with Crippen molar-refractivity contribution >= 4 is 29.3 Å². The number of hydrogen-bond acceptors (Lipinski definition) is 4. The molecule has 4 nitrogen and oxygen atoms in total. The Morgan fingerprint density at radius 3 is 2.54 bits per heavy atom. The highest BCUT2D eigenvalue weighted by Crippen LogP contribution is 2.19. The van der Waals surface area contributed by atoms with Crippen molar-refractivity contribution in [3.8, 4) is 0 Å². The van der Waals surface area contributed by atoms with E-state index in [0.29, 0.717) is 5.75 Å². The van der Waals surface area contributed by atoms with E-state index in [1.54, 1.807) is 17.8 Å². The summed E-state index contributed by atoms with van der Waals surface area (Å²) in [6.07, 6.45) is 0.200. The van der Waals surface area contributed by atoms with E-state index in [-0.39, 0.29) is 12.1 Å². The van der Waals surface area contributed by atoms with Crippen molar-refractivity contribution in [3.63, 3.8) is 0 Å². The molecule has 0 aliphatic carbocycles. The number of para-hydroxylation sites is 1. The van der Waals surface area contributed by atoms with Crippen molar-refractivity contribution in [1.82, 2.24) is 0 Å². The maximum Gasteiger partial charge on any atom is 0.307 e. The van der Waals surface area contributed by atoms with Crippen LogP contribution in [0.5, 0.6) is 0 Å². The van der Waals surface area contributed by atoms with Gasteiger partial charge in [0, 0.05) is 10.6 Å². The van der Waals surface area contributed by atoms with E-state index in [9.17, 15) is 14.0 Å². The number of nitrogens with one attached hydrogen (secondary N) is 1. The van der Waals surface area contributed by atoms with Crippen molar-refractivity contribution in [1.29, 1.82) is 0 Å². The number of anilines is 1. The van der Waals surface area contributed by atoms with Gasteiger partial charge in [0.15, 0.2) is 6.61 Å². The summed E-state index contributed by atoms with van der Waals surface area (Å²) in [7, 11) is 0. The van der Waals surface area contributed by atoms with Crippen LogP contribution < -0.4 is 5.32 Å². The summed E-state index contributed by atoms with van der Waals surface area (Å²) in [5.41, 5.74) is 1.24. The van der Waals surface area contributed by atoms with E-state index in [2.05, 4.69) is 5.32 Å². The molecule has 6 heteroatoms. The lowest BCUT2D eigenvalue weighted by Gasteiger charge is -2.07. The summed E-state index contributed by atoms with van der Waals surface area (Å²) < 4.78 is 18.3. The van der Waals surface area contributed by atoms with Crippen LogP contribution in [0.25, 0.3) is 0 Å². The Labute approximate surface area is 144 Å². The van der Waals surface area contributed by atoms with Crippen LogP contribution in [0.1, 0.15) is 12.0 Å². The number of amides is 1. The van der Waals surface area contributed by atoms with Crippen molar-refractivity contribution < 1.29 is 18.7 Å². The van der Waals surface area contributed by atoms with Crippen molar-refractivity contribution in [2.24, 2.45) is 0 Å². The van der Waals surface area contributed by atoms with E-state index in [0.717, 1.165) is 4.90 Å². The lowest BCUT2D eigenvalue weighted by Crippen LogP contribution is -2.21. The summed E-state index contributed by atoms with van der Waals surface area (Å²) >= 11 is 1.55. The molecule has 2 aromatic rings. The van der Waals surface area contributed by atoms with Crippen molar-refractivity contribution in [2.75, 3.05) is 17.7 Å². The topological polar surface area (TPSA) is 55.4 Å². The highest BCUT2D eigenvalue weighted by atomic mass is 32.2. The van der Waals surface area contributed by atoms with Gasteiger partial charge in [0.25, 0.3) is 5.91 Å². The molecule has 126 valence electrons. The molecule has 0 aliphatic heterocycles. The Balaban J connectivity index is 1.66. The van der Waals surface area contributed by atoms with E-state index in [1.807, 2.05) is 31.2 Å². The van der Waals surface area contributed by atoms with Gasteiger partial charge in [-0.05, 0) is 31.2 Å². The summed E-state index contributed by atoms with van der Waals surface area (Å²) in [5.74, 6) is -0.999. The fraction of sp³-hybridized carbons (Fsp3) is 0.222. The minimum absolute atomic E-state index is 0.0634. The fourth-order valence-corrected chi connectivity index (χ4v) is 2.69. The monoisotopic (exact) mass is 347 g/mol. The molecule has 1 N–H and O–H groups in total. The minimum Gasteiger partial charge on any atom is -0.456 e. The molecule has 0 saturated heterocycles. The molecule has 0 bridgehead atoms. The molecule has 24 heavy (non-hydrogen) atoms. The Hall–Kier alpha value is -2.34. The van der Waals surface area contributed by atoms with Gasteiger partial charge in [0.1, 0.15) is 5.82 Å². The number of halogens is 1. The molecule has 0 fully saturated rings. The lowest BCUT2D eigenvalue weighted by atomic mass is 10.2. The summed E-state index contributed by atoms with van der Waals surface area (Å²) in [6, 6.07) is 13.8. The van der Waals surface area contributed by atoms with E-state index < -0.39 is 24.3 Å². The lowest BCUT2D eigenvalue weighted by molar-refractivity contribution is -0.146. The van der Waals surface area contributed by atoms with Gasteiger partial charge in [0.05, 0.1) is 12.1 Å². The van der Waals surface area contributed by atoms with Gasteiger partial charge in [0.2, 0.25) is 0 Å². The molecule has 0 radical (unpaired) electrons. The molecule has 0 unspecified atom stereocenters. The van der Waals surface area contributed by atoms with Gasteiger partial charge in [-0.2, -0.15) is 0 Å². The van der Waals surface area contributed by atoms with Crippen LogP contribution in [-0.4, -0.2) is 24.2 Å². The SMILES string of the molecule is Cc1ccc(SCCC(=O)OCC(=O)Nc2ccccc2F)cc1. The minimum atomic E-state index is -0.570. The number of esters is 1. The zero-order valence-corrected chi connectivity index (χ0v) is 14.1. The number of rotatable bonds is 7. The molecular formula is C18H18FNO3S. The van der Waals surface area contributed by atoms with Crippen LogP contribution >= 0.6 is 11.8 Å². The standard InChI is InChI=1S/C18H18FNO3S/c1-13-6-8-14(9-7-13)24-11-10-18(22)23-12-17(21)20-16-5-3-2-4-15(16)19/h2-9H,10-12H2,1H3,(H,20,21). The van der Waals surface area contributed by atoms with Gasteiger partial charge >= 0.3 is 5.97 Å². The first kappa shape index (κ1) is 18.0. The molecule has 2 aromatic carbocycles. The van der Waals surface area contributed by atoms with Gasteiger partial charge < -0.3 is 10.1 Å². The van der Waals surface area contributed by atoms with Gasteiger partial charge in [-0.15, -0.1) is 11.8 Å². The molecule has 0 heterocycles. The second kappa shape index (κ2) is 9.08. The second-order valence-electron chi connectivity index (χ2n) is 5.10. The molecule has 0 aliphatic rings. The maximum absolute atomic E-state index is 13.4. The zero-order chi connectivity index (χ0) is 17.4. The highest BCUT2D eigenvalue weighted by molar-refractivity contribution is 7.99. The number of thioether (sulfide) groups is 1. The number of carbonyl (C=O) groups is 2. The highest BCUT2D eigenvalue weighted by Gasteiger charge is 2.10. The summed E-state index contributed by atoms with van der Waals surface area (Å²) in [5, 5.41) is 2.36. The third kappa shape index (κ3) is 6.04. The predicted octanol–water partition coefficient (Wildman–Crippen LogP) is 3.80. The molecular weight excluding hydrogens is 329 g/mol. The van der Waals surface area contributed by atoms with Crippen LogP contribution in [0.15, 0.2) is 53.4 Å². The first-order valence-corrected chi connectivity index (χ1v) is 8.42. The van der Waals surface area contributed by atoms with Crippen LogP contribution in [-0.2, 0) is 14.3 Å². The first-order chi connectivity index (χ1) is 11.5. The maximum atomic E-state index is 13.4. The Bertz CT molecular complexity index is 704. The van der Waals surface area contributed by atoms with Crippen LogP contribution in [0.3, 0.4) is 0 Å². The molecule has 2 rings (SSSR count). The second-order valence-corrected chi connectivity index (χ2v) is 6.27. The van der Waals surface area contributed by atoms with Gasteiger partial charge in [-0.25, -0.2) is 4.39 Å². The number of ether oxygens (including phenoxy) is 1. The number of aryl methyl sites for hydroxylation is 1. The van der Waals surface area contributed by atoms with Crippen LogP contribution in [0.2, 0.25) is 0 Å². The van der Waals surface area contributed by atoms with Crippen LogP contribution in [0, 0.1) is 12.7 Å². The number of benzene rings is 2. The van der Waals surface area contributed by atoms with E-state index >= 15 is 0 Å². The summed E-state index contributed by atoms with van der Waals surface area (Å²) in [6.45, 7) is 1.58. The number of carbonyl (C=O) groups excluding carboxylic acids is 2. The van der Waals surface area contributed by atoms with Crippen molar-refractivity contribution in [3.05, 3.63) is 59.9 Å². The average Bonchev–Trinajstić information content (AvgIpc) is 2.57. The molecule has 0 spiro atoms. The smallest absolute Gasteiger partial charge is 0.307 e. The Morgan fingerprint density at radius 2 is 1.83 bits per heavy atom. The van der Waals surface area contributed by atoms with Crippen LogP contribution in [0.4, 0.5) is 10.1 Å². The third-order valence-electron chi connectivity index (χ3n) is 3.11. The molecule has 1 amide bonds. The average molecular weight is 347 g/mol. The zero-order valence-electron chi connectivity index (χ0n) is 13.3. The molecule has 0 saturated carbocycles. The molecule has 0 aromatic heterocycles. The quantitative estimate of drug-likeness (QED) is 0.611. The molecule has 0 atom stereocenters. The Morgan fingerprint density at radius 1 is 1.12 bits per heavy atom. The largest absolute Gasteiger partial charge is 0.456 e.